The number of carbonyl (C=O) groups excluding carboxylic acids is 1. The molecule has 0 bridgehead atoms. The van der Waals surface area contributed by atoms with Crippen LogP contribution in [0.25, 0.3) is 0 Å². The summed E-state index contributed by atoms with van der Waals surface area (Å²) in [5, 5.41) is 3.91. The molecule has 0 aliphatic carbocycles. The number of carbonyl (C=O) groups is 1. The van der Waals surface area contributed by atoms with E-state index in [1.54, 1.807) is 11.8 Å². The van der Waals surface area contributed by atoms with Crippen molar-refractivity contribution < 1.29 is 4.79 Å². The smallest absolute Gasteiger partial charge is 0.237 e. The van der Waals surface area contributed by atoms with Crippen molar-refractivity contribution in [2.75, 3.05) is 12.3 Å². The molecule has 0 radical (unpaired) electrons. The van der Waals surface area contributed by atoms with E-state index in [9.17, 15) is 4.79 Å². The largest absolute Gasteiger partial charge is 0.368 e. The Morgan fingerprint density at radius 1 is 1.42 bits per heavy atom. The number of hydrogen-bond acceptors (Lipinski definition) is 3. The van der Waals surface area contributed by atoms with Crippen LogP contribution in [0.15, 0.2) is 24.3 Å². The molecule has 1 atom stereocenters. The van der Waals surface area contributed by atoms with Crippen LogP contribution in [0.1, 0.15) is 25.8 Å². The highest BCUT2D eigenvalue weighted by molar-refractivity contribution is 7.98. The Morgan fingerprint density at radius 3 is 2.58 bits per heavy atom. The Bertz CT molecular complexity index is 410. The highest BCUT2D eigenvalue weighted by atomic mass is 35.5. The minimum Gasteiger partial charge on any atom is -0.368 e. The van der Waals surface area contributed by atoms with Crippen LogP contribution in [0, 0.1) is 0 Å². The summed E-state index contributed by atoms with van der Waals surface area (Å²) in [6, 6.07) is 7.83. The fourth-order valence-corrected chi connectivity index (χ4v) is 2.99. The van der Waals surface area contributed by atoms with Crippen molar-refractivity contribution in [3.8, 4) is 0 Å². The van der Waals surface area contributed by atoms with Crippen molar-refractivity contribution in [1.82, 2.24) is 5.32 Å². The number of halogens is 1. The standard InChI is InChI=1S/C14H21ClN2OS/c1-3-17-14(2,13(16)18)8-9-19-10-11-4-6-12(15)7-5-11/h4-7,17H,3,8-10H2,1-2H3,(H2,16,18). The van der Waals surface area contributed by atoms with E-state index in [4.69, 9.17) is 17.3 Å². The number of amides is 1. The van der Waals surface area contributed by atoms with Gasteiger partial charge < -0.3 is 11.1 Å². The summed E-state index contributed by atoms with van der Waals surface area (Å²) in [5.74, 6) is 1.51. The topological polar surface area (TPSA) is 55.1 Å². The van der Waals surface area contributed by atoms with E-state index in [2.05, 4.69) is 5.32 Å². The van der Waals surface area contributed by atoms with E-state index in [1.165, 1.54) is 5.56 Å². The van der Waals surface area contributed by atoms with Crippen LogP contribution in [0.3, 0.4) is 0 Å². The molecule has 1 rings (SSSR count). The van der Waals surface area contributed by atoms with E-state index in [0.29, 0.717) is 0 Å². The molecule has 5 heteroatoms. The molecule has 3 N–H and O–H groups in total. The number of thioether (sulfide) groups is 1. The number of rotatable bonds is 8. The molecule has 3 nitrogen and oxygen atoms in total. The third-order valence-electron chi connectivity index (χ3n) is 3.04. The third kappa shape index (κ3) is 5.43. The maximum absolute atomic E-state index is 11.4. The van der Waals surface area contributed by atoms with Gasteiger partial charge in [-0.3, -0.25) is 4.79 Å². The zero-order valence-corrected chi connectivity index (χ0v) is 13.0. The van der Waals surface area contributed by atoms with Gasteiger partial charge in [0, 0.05) is 10.8 Å². The maximum Gasteiger partial charge on any atom is 0.237 e. The molecule has 106 valence electrons. The van der Waals surface area contributed by atoms with Gasteiger partial charge in [-0.2, -0.15) is 11.8 Å². The van der Waals surface area contributed by atoms with Crippen molar-refractivity contribution in [2.45, 2.75) is 31.6 Å². The fraction of sp³-hybridized carbons (Fsp3) is 0.500. The minimum atomic E-state index is -0.609. The van der Waals surface area contributed by atoms with Crippen LogP contribution >= 0.6 is 23.4 Å². The van der Waals surface area contributed by atoms with Gasteiger partial charge in [0.05, 0.1) is 5.54 Å². The van der Waals surface area contributed by atoms with Gasteiger partial charge in [-0.05, 0) is 43.3 Å². The molecule has 0 heterocycles. The second kappa shape index (κ2) is 7.78. The molecule has 0 saturated carbocycles. The molecule has 0 saturated heterocycles. The zero-order chi connectivity index (χ0) is 14.3. The average molecular weight is 301 g/mol. The first-order valence-corrected chi connectivity index (χ1v) is 7.88. The first kappa shape index (κ1) is 16.3. The van der Waals surface area contributed by atoms with Crippen LogP contribution in [-0.4, -0.2) is 23.7 Å². The lowest BCUT2D eigenvalue weighted by molar-refractivity contribution is -0.123. The molecule has 0 aliphatic heterocycles. The summed E-state index contributed by atoms with van der Waals surface area (Å²) in [4.78, 5) is 11.4. The molecule has 1 aromatic carbocycles. The predicted molar refractivity (Wildman–Crippen MR) is 83.5 cm³/mol. The second-order valence-corrected chi connectivity index (χ2v) is 6.20. The number of nitrogens with one attached hydrogen (secondary N) is 1. The molecule has 1 aromatic rings. The number of nitrogens with two attached hydrogens (primary N) is 1. The monoisotopic (exact) mass is 300 g/mol. The van der Waals surface area contributed by atoms with Gasteiger partial charge in [-0.1, -0.05) is 30.7 Å². The Kier molecular flexibility index (Phi) is 6.69. The van der Waals surface area contributed by atoms with E-state index < -0.39 is 5.54 Å². The van der Waals surface area contributed by atoms with E-state index in [0.717, 1.165) is 29.5 Å². The van der Waals surface area contributed by atoms with Crippen molar-refractivity contribution in [1.29, 1.82) is 0 Å². The summed E-state index contributed by atoms with van der Waals surface area (Å²) < 4.78 is 0. The van der Waals surface area contributed by atoms with Gasteiger partial charge in [-0.25, -0.2) is 0 Å². The lowest BCUT2D eigenvalue weighted by Crippen LogP contribution is -2.53. The van der Waals surface area contributed by atoms with Crippen LogP contribution in [-0.2, 0) is 10.5 Å². The van der Waals surface area contributed by atoms with Crippen molar-refractivity contribution in [3.63, 3.8) is 0 Å². The second-order valence-electron chi connectivity index (χ2n) is 4.66. The summed E-state index contributed by atoms with van der Waals surface area (Å²) in [6.45, 7) is 4.57. The highest BCUT2D eigenvalue weighted by Gasteiger charge is 2.28. The summed E-state index contributed by atoms with van der Waals surface area (Å²) in [6.07, 6.45) is 0.731. The predicted octanol–water partition coefficient (Wildman–Crippen LogP) is 2.82. The summed E-state index contributed by atoms with van der Waals surface area (Å²) in [5.41, 5.74) is 6.07. The van der Waals surface area contributed by atoms with Gasteiger partial charge in [-0.15, -0.1) is 0 Å². The van der Waals surface area contributed by atoms with Gasteiger partial charge >= 0.3 is 0 Å². The van der Waals surface area contributed by atoms with Gasteiger partial charge in [0.2, 0.25) is 5.91 Å². The first-order valence-electron chi connectivity index (χ1n) is 6.35. The lowest BCUT2D eigenvalue weighted by Gasteiger charge is -2.26. The molecule has 1 unspecified atom stereocenters. The van der Waals surface area contributed by atoms with Crippen molar-refractivity contribution >= 4 is 29.3 Å². The molecule has 0 aliphatic rings. The number of hydrogen-bond donors (Lipinski definition) is 2. The van der Waals surface area contributed by atoms with E-state index in [-0.39, 0.29) is 5.91 Å². The quantitative estimate of drug-likeness (QED) is 0.726. The highest BCUT2D eigenvalue weighted by Crippen LogP contribution is 2.19. The normalized spacial score (nSPS) is 14.1. The number of likely N-dealkylation sites (N-methyl/N-ethyl adjacent to an activating group) is 1. The Labute approximate surface area is 124 Å². The van der Waals surface area contributed by atoms with Crippen LogP contribution in [0.2, 0.25) is 5.02 Å². The Hall–Kier alpha value is -0.710. The van der Waals surface area contributed by atoms with Crippen molar-refractivity contribution in [2.24, 2.45) is 5.73 Å². The molecule has 0 spiro atoms. The molecule has 0 fully saturated rings. The van der Waals surface area contributed by atoms with Crippen LogP contribution < -0.4 is 11.1 Å². The Morgan fingerprint density at radius 2 is 2.05 bits per heavy atom. The summed E-state index contributed by atoms with van der Waals surface area (Å²) in [7, 11) is 0. The van der Waals surface area contributed by atoms with E-state index in [1.807, 2.05) is 38.1 Å². The van der Waals surface area contributed by atoms with Crippen LogP contribution in [0.5, 0.6) is 0 Å². The molecule has 1 amide bonds. The third-order valence-corrected chi connectivity index (χ3v) is 4.32. The molecular formula is C14H21ClN2OS. The van der Waals surface area contributed by atoms with Crippen molar-refractivity contribution in [3.05, 3.63) is 34.9 Å². The average Bonchev–Trinajstić information content (AvgIpc) is 2.37. The molecule has 0 aromatic heterocycles. The molecule has 19 heavy (non-hydrogen) atoms. The van der Waals surface area contributed by atoms with Crippen LogP contribution in [0.4, 0.5) is 0 Å². The van der Waals surface area contributed by atoms with Gasteiger partial charge in [0.15, 0.2) is 0 Å². The maximum atomic E-state index is 11.4. The van der Waals surface area contributed by atoms with Gasteiger partial charge in [0.25, 0.3) is 0 Å². The fourth-order valence-electron chi connectivity index (χ4n) is 1.74. The SMILES string of the molecule is CCNC(C)(CCSCc1ccc(Cl)cc1)C(N)=O. The first-order chi connectivity index (χ1) is 8.98. The number of benzene rings is 1. The molecular weight excluding hydrogens is 280 g/mol. The minimum absolute atomic E-state index is 0.290. The number of primary amides is 1. The lowest BCUT2D eigenvalue weighted by atomic mass is 9.98. The van der Waals surface area contributed by atoms with Gasteiger partial charge in [0.1, 0.15) is 0 Å². The summed E-state index contributed by atoms with van der Waals surface area (Å²) >= 11 is 7.63. The van der Waals surface area contributed by atoms with E-state index >= 15 is 0 Å². The zero-order valence-electron chi connectivity index (χ0n) is 11.4. The Balaban J connectivity index is 2.36.